The molecule has 1 saturated heterocycles. The molecule has 0 radical (unpaired) electrons. The molecule has 3 rings (SSSR count). The van der Waals surface area contributed by atoms with Crippen LogP contribution in [-0.2, 0) is 37.9 Å². The fourth-order valence-electron chi connectivity index (χ4n) is 6.91. The summed E-state index contributed by atoms with van der Waals surface area (Å²) in [6, 6.07) is 15.0. The number of carbonyl (C=O) groups is 4. The van der Waals surface area contributed by atoms with Crippen molar-refractivity contribution in [3.63, 3.8) is 0 Å². The molecule has 65 heavy (non-hydrogen) atoms. The normalized spacial score (nSPS) is 20.8. The summed E-state index contributed by atoms with van der Waals surface area (Å²) in [5.41, 5.74) is 8.17. The summed E-state index contributed by atoms with van der Waals surface area (Å²) < 4.78 is 46.1. The molecule has 1 aliphatic heterocycles. The van der Waals surface area contributed by atoms with Gasteiger partial charge in [0.25, 0.3) is 0 Å². The van der Waals surface area contributed by atoms with Gasteiger partial charge >= 0.3 is 24.2 Å². The van der Waals surface area contributed by atoms with Gasteiger partial charge in [0.05, 0.1) is 17.7 Å². The standard InChI is InChI=1S/C49H71N3O13/c1-9-10-11-12-13-14-15-16-17-18-19-20-27-32-38(60-43(54)35-28-23-21-24-29-35)37(51-52-50)33-59-49(8)42(53)41(61-44(55)36-30-25-22-26-31-36)40(62-46(57)65-48(5,6)7)39(63-49)34-58-45(56)64-47(2,3)4/h21-32,37-42,53H,9-20,33-34H2,1-8H3/t37-,38+,39+,40-,41-,42+,49+/m0/s1. The zero-order chi connectivity index (χ0) is 47.9. The first-order valence-corrected chi connectivity index (χ1v) is 22.8. The molecule has 0 aromatic heterocycles. The molecule has 2 aromatic carbocycles. The van der Waals surface area contributed by atoms with Gasteiger partial charge in [0.15, 0.2) is 18.0 Å². The Kier molecular flexibility index (Phi) is 22.8. The lowest BCUT2D eigenvalue weighted by atomic mass is 9.92. The van der Waals surface area contributed by atoms with Crippen molar-refractivity contribution >= 4 is 24.2 Å². The van der Waals surface area contributed by atoms with E-state index >= 15 is 0 Å². The van der Waals surface area contributed by atoms with E-state index in [2.05, 4.69) is 16.9 Å². The van der Waals surface area contributed by atoms with Gasteiger partial charge in [0.1, 0.15) is 42.2 Å². The van der Waals surface area contributed by atoms with Gasteiger partial charge in [-0.05, 0) is 97.2 Å². The lowest BCUT2D eigenvalue weighted by Gasteiger charge is -2.48. The van der Waals surface area contributed by atoms with Crippen LogP contribution < -0.4 is 0 Å². The molecule has 1 N–H and O–H groups in total. The molecular formula is C49H71N3O13. The zero-order valence-corrected chi connectivity index (χ0v) is 39.5. The van der Waals surface area contributed by atoms with Gasteiger partial charge < -0.3 is 43.0 Å². The summed E-state index contributed by atoms with van der Waals surface area (Å²) in [5, 5.41) is 16.0. The summed E-state index contributed by atoms with van der Waals surface area (Å²) in [5.74, 6) is -3.72. The molecule has 0 spiro atoms. The van der Waals surface area contributed by atoms with Gasteiger partial charge in [-0.3, -0.25) is 0 Å². The maximum atomic E-state index is 13.6. The topological polar surface area (TPSA) is 211 Å². The summed E-state index contributed by atoms with van der Waals surface area (Å²) in [6.07, 6.45) is 7.10. The molecule has 2 aromatic rings. The van der Waals surface area contributed by atoms with E-state index in [1.54, 1.807) is 96.1 Å². The third kappa shape index (κ3) is 20.3. The van der Waals surface area contributed by atoms with Crippen LogP contribution in [0.4, 0.5) is 9.59 Å². The number of rotatable bonds is 25. The van der Waals surface area contributed by atoms with Crippen molar-refractivity contribution in [1.82, 2.24) is 0 Å². The van der Waals surface area contributed by atoms with Crippen molar-refractivity contribution in [2.45, 2.75) is 186 Å². The number of esters is 2. The molecule has 0 amide bonds. The van der Waals surface area contributed by atoms with Crippen LogP contribution in [0.5, 0.6) is 0 Å². The Morgan fingerprint density at radius 2 is 1.29 bits per heavy atom. The molecule has 1 fully saturated rings. The first-order chi connectivity index (χ1) is 30.9. The van der Waals surface area contributed by atoms with Crippen LogP contribution in [0.25, 0.3) is 10.4 Å². The van der Waals surface area contributed by atoms with Crippen LogP contribution in [0.1, 0.15) is 153 Å². The van der Waals surface area contributed by atoms with Gasteiger partial charge in [0, 0.05) is 4.91 Å². The minimum absolute atomic E-state index is 0.109. The third-order valence-electron chi connectivity index (χ3n) is 10.2. The van der Waals surface area contributed by atoms with Gasteiger partial charge in [-0.2, -0.15) is 0 Å². The van der Waals surface area contributed by atoms with Gasteiger partial charge in [0.2, 0.25) is 0 Å². The minimum Gasteiger partial charge on any atom is -0.454 e. The number of hydrogen-bond donors (Lipinski definition) is 1. The van der Waals surface area contributed by atoms with E-state index in [4.69, 9.17) is 37.9 Å². The number of ether oxygens (including phenoxy) is 8. The van der Waals surface area contributed by atoms with Crippen molar-refractivity contribution in [3.05, 3.63) is 94.4 Å². The van der Waals surface area contributed by atoms with E-state index in [9.17, 15) is 29.8 Å². The fraction of sp³-hybridized carbons (Fsp3) is 0.633. The molecule has 0 aliphatic carbocycles. The quantitative estimate of drug-likeness (QED) is 0.0187. The fourth-order valence-corrected chi connectivity index (χ4v) is 6.91. The average molecular weight is 910 g/mol. The first-order valence-electron chi connectivity index (χ1n) is 22.8. The number of aliphatic hydroxyl groups is 1. The molecule has 1 aliphatic rings. The van der Waals surface area contributed by atoms with Crippen LogP contribution >= 0.6 is 0 Å². The molecule has 16 heteroatoms. The monoisotopic (exact) mass is 909 g/mol. The smallest absolute Gasteiger partial charge is 0.454 e. The van der Waals surface area contributed by atoms with Gasteiger partial charge in [-0.25, -0.2) is 19.2 Å². The van der Waals surface area contributed by atoms with Crippen molar-refractivity contribution in [1.29, 1.82) is 0 Å². The number of unbranched alkanes of at least 4 members (excludes halogenated alkanes) is 11. The second-order valence-corrected chi connectivity index (χ2v) is 18.2. The predicted octanol–water partition coefficient (Wildman–Crippen LogP) is 11.1. The van der Waals surface area contributed by atoms with E-state index in [1.807, 2.05) is 6.08 Å². The third-order valence-corrected chi connectivity index (χ3v) is 10.2. The Labute approximate surface area is 384 Å². The van der Waals surface area contributed by atoms with E-state index in [-0.39, 0.29) is 11.1 Å². The number of azide groups is 1. The van der Waals surface area contributed by atoms with Crippen LogP contribution in [0.15, 0.2) is 77.9 Å². The van der Waals surface area contributed by atoms with Crippen molar-refractivity contribution in [2.24, 2.45) is 5.11 Å². The number of allylic oxidation sites excluding steroid dienone is 1. The Hall–Kier alpha value is -5.15. The highest BCUT2D eigenvalue weighted by atomic mass is 16.8. The molecule has 360 valence electrons. The molecule has 0 saturated carbocycles. The average Bonchev–Trinajstić information content (AvgIpc) is 3.25. The number of hydrogen-bond acceptors (Lipinski definition) is 14. The van der Waals surface area contributed by atoms with Crippen LogP contribution in [0.3, 0.4) is 0 Å². The van der Waals surface area contributed by atoms with E-state index < -0.39 is 91.0 Å². The molecule has 1 heterocycles. The van der Waals surface area contributed by atoms with Crippen molar-refractivity contribution in [2.75, 3.05) is 13.2 Å². The van der Waals surface area contributed by atoms with Crippen molar-refractivity contribution in [3.8, 4) is 0 Å². The Morgan fingerprint density at radius 1 is 0.769 bits per heavy atom. The highest BCUT2D eigenvalue weighted by Gasteiger charge is 2.57. The number of carbonyl (C=O) groups excluding carboxylic acids is 4. The summed E-state index contributed by atoms with van der Waals surface area (Å²) in [7, 11) is 0. The number of aliphatic hydroxyl groups excluding tert-OH is 1. The van der Waals surface area contributed by atoms with E-state index in [0.29, 0.717) is 6.42 Å². The SMILES string of the molecule is CCCCCCCCCCCCCC=C[C@@H](OC(=O)c1ccccc1)[C@H](CO[C@]1(C)O[C@H](COC(=O)OC(C)(C)C)[C@H](OC(=O)OC(C)(C)C)[C@H](OC(=O)c2ccccc2)[C@H]1O)N=[N+]=[N-]. The van der Waals surface area contributed by atoms with E-state index in [0.717, 1.165) is 19.3 Å². The molecule has 16 nitrogen and oxygen atoms in total. The molecule has 0 unspecified atom stereocenters. The minimum atomic E-state index is -2.15. The Bertz CT molecular complexity index is 1830. The van der Waals surface area contributed by atoms with Crippen LogP contribution in [0, 0.1) is 0 Å². The predicted molar refractivity (Wildman–Crippen MR) is 243 cm³/mol. The van der Waals surface area contributed by atoms with Gasteiger partial charge in [-0.15, -0.1) is 0 Å². The Balaban J connectivity index is 1.90. The summed E-state index contributed by atoms with van der Waals surface area (Å²) in [6.45, 7) is 12.1. The highest BCUT2D eigenvalue weighted by molar-refractivity contribution is 5.90. The number of nitrogens with zero attached hydrogens (tertiary/aromatic N) is 3. The molecular weight excluding hydrogens is 839 g/mol. The second-order valence-electron chi connectivity index (χ2n) is 18.2. The van der Waals surface area contributed by atoms with Gasteiger partial charge in [-0.1, -0.05) is 119 Å². The summed E-state index contributed by atoms with van der Waals surface area (Å²) >= 11 is 0. The van der Waals surface area contributed by atoms with E-state index in [1.165, 1.54) is 70.4 Å². The maximum Gasteiger partial charge on any atom is 0.509 e. The Morgan fingerprint density at radius 3 is 1.83 bits per heavy atom. The lowest BCUT2D eigenvalue weighted by molar-refractivity contribution is -0.357. The lowest BCUT2D eigenvalue weighted by Crippen LogP contribution is -2.67. The summed E-state index contributed by atoms with van der Waals surface area (Å²) in [4.78, 5) is 56.0. The highest BCUT2D eigenvalue weighted by Crippen LogP contribution is 2.36. The largest absolute Gasteiger partial charge is 0.509 e. The number of benzene rings is 2. The maximum absolute atomic E-state index is 13.6. The zero-order valence-electron chi connectivity index (χ0n) is 39.5. The van der Waals surface area contributed by atoms with Crippen molar-refractivity contribution < 1.29 is 62.2 Å². The first kappa shape index (κ1) is 54.2. The molecule has 7 atom stereocenters. The second kappa shape index (κ2) is 27.4. The van der Waals surface area contributed by atoms with Crippen LogP contribution in [0.2, 0.25) is 0 Å². The molecule has 0 bridgehead atoms. The van der Waals surface area contributed by atoms with Crippen LogP contribution in [-0.4, -0.2) is 96.1 Å².